The van der Waals surface area contributed by atoms with Gasteiger partial charge in [-0.05, 0) is 31.0 Å². The molecule has 0 aliphatic heterocycles. The molecule has 0 saturated carbocycles. The van der Waals surface area contributed by atoms with Crippen LogP contribution in [0.5, 0.6) is 0 Å². The summed E-state index contributed by atoms with van der Waals surface area (Å²) in [7, 11) is 1.64. The summed E-state index contributed by atoms with van der Waals surface area (Å²) >= 11 is 0. The molecule has 5 heteroatoms. The average molecular weight is 236 g/mol. The van der Waals surface area contributed by atoms with E-state index >= 15 is 0 Å². The monoisotopic (exact) mass is 236 g/mol. The van der Waals surface area contributed by atoms with E-state index in [-0.39, 0.29) is 0 Å². The molecule has 0 aliphatic carbocycles. The van der Waals surface area contributed by atoms with Gasteiger partial charge in [-0.2, -0.15) is 0 Å². The minimum absolute atomic E-state index is 0.538. The molecule has 4 N–H and O–H groups in total. The number of rotatable bonds is 4. The van der Waals surface area contributed by atoms with E-state index in [1.165, 1.54) is 11.1 Å². The van der Waals surface area contributed by atoms with Gasteiger partial charge in [0.2, 0.25) is 5.96 Å². The Kier molecular flexibility index (Phi) is 5.45. The second-order valence-corrected chi connectivity index (χ2v) is 3.74. The lowest BCUT2D eigenvalue weighted by Crippen LogP contribution is -2.36. The highest BCUT2D eigenvalue weighted by atomic mass is 16.5. The van der Waals surface area contributed by atoms with Gasteiger partial charge < -0.3 is 10.1 Å². The van der Waals surface area contributed by atoms with Gasteiger partial charge in [0.1, 0.15) is 0 Å². The average Bonchev–Trinajstić information content (AvgIpc) is 2.33. The number of nitrogens with zero attached hydrogens (tertiary/aromatic N) is 1. The highest BCUT2D eigenvalue weighted by Gasteiger charge is 2.02. The Labute approximate surface area is 102 Å². The second-order valence-electron chi connectivity index (χ2n) is 3.74. The summed E-state index contributed by atoms with van der Waals surface area (Å²) in [6.45, 7) is 5.26. The summed E-state index contributed by atoms with van der Waals surface area (Å²) in [5, 5.41) is 3.16. The van der Waals surface area contributed by atoms with E-state index in [1.807, 2.05) is 12.1 Å². The third-order valence-electron chi connectivity index (χ3n) is 2.56. The normalized spacial score (nSPS) is 11.4. The molecular weight excluding hydrogens is 216 g/mol. The Balaban J connectivity index is 2.73. The van der Waals surface area contributed by atoms with Crippen molar-refractivity contribution < 1.29 is 4.74 Å². The molecule has 1 rings (SSSR count). The number of methoxy groups -OCH3 is 1. The number of guanidine groups is 1. The van der Waals surface area contributed by atoms with Crippen molar-refractivity contribution in [1.29, 1.82) is 0 Å². The number of hydrogen-bond donors (Lipinski definition) is 3. The van der Waals surface area contributed by atoms with Crippen LogP contribution in [0.2, 0.25) is 0 Å². The maximum absolute atomic E-state index is 5.41. The number of hydrogen-bond acceptors (Lipinski definition) is 3. The molecule has 0 spiro atoms. The lowest BCUT2D eigenvalue weighted by molar-refractivity contribution is 0.208. The summed E-state index contributed by atoms with van der Waals surface area (Å²) in [5.41, 5.74) is 5.95. The molecule has 0 radical (unpaired) electrons. The summed E-state index contributed by atoms with van der Waals surface area (Å²) in [4.78, 5) is 4.24. The first-order chi connectivity index (χ1) is 8.19. The Morgan fingerprint density at radius 1 is 1.41 bits per heavy atom. The quantitative estimate of drug-likeness (QED) is 0.241. The highest BCUT2D eigenvalue weighted by Crippen LogP contribution is 2.17. The molecule has 17 heavy (non-hydrogen) atoms. The van der Waals surface area contributed by atoms with Crippen molar-refractivity contribution in [2.75, 3.05) is 25.6 Å². The Morgan fingerprint density at radius 2 is 2.18 bits per heavy atom. The van der Waals surface area contributed by atoms with Gasteiger partial charge in [-0.25, -0.2) is 10.8 Å². The second kappa shape index (κ2) is 6.88. The molecule has 94 valence electrons. The Morgan fingerprint density at radius 3 is 2.82 bits per heavy atom. The summed E-state index contributed by atoms with van der Waals surface area (Å²) in [6.07, 6.45) is 0. The van der Waals surface area contributed by atoms with Gasteiger partial charge in [-0.3, -0.25) is 5.43 Å². The lowest BCUT2D eigenvalue weighted by Gasteiger charge is -2.12. The van der Waals surface area contributed by atoms with Crippen LogP contribution in [0.25, 0.3) is 0 Å². The van der Waals surface area contributed by atoms with Crippen molar-refractivity contribution in [2.24, 2.45) is 10.8 Å². The fourth-order valence-corrected chi connectivity index (χ4v) is 1.38. The number of benzene rings is 1. The van der Waals surface area contributed by atoms with Gasteiger partial charge >= 0.3 is 0 Å². The van der Waals surface area contributed by atoms with E-state index in [9.17, 15) is 0 Å². The molecule has 0 amide bonds. The van der Waals surface area contributed by atoms with Crippen molar-refractivity contribution in [2.45, 2.75) is 13.8 Å². The number of nitrogens with two attached hydrogens (primary N) is 1. The highest BCUT2D eigenvalue weighted by molar-refractivity contribution is 5.94. The largest absolute Gasteiger partial charge is 0.383 e. The van der Waals surface area contributed by atoms with E-state index in [0.717, 1.165) is 5.69 Å². The fraction of sp³-hybridized carbons (Fsp3) is 0.417. The first-order valence-electron chi connectivity index (χ1n) is 5.52. The maximum Gasteiger partial charge on any atom is 0.210 e. The van der Waals surface area contributed by atoms with Gasteiger partial charge in [-0.1, -0.05) is 12.1 Å². The maximum atomic E-state index is 5.41. The minimum Gasteiger partial charge on any atom is -0.383 e. The van der Waals surface area contributed by atoms with Gasteiger partial charge in [0.15, 0.2) is 0 Å². The van der Waals surface area contributed by atoms with Crippen molar-refractivity contribution >= 4 is 11.6 Å². The summed E-state index contributed by atoms with van der Waals surface area (Å²) in [6, 6.07) is 6.05. The molecule has 5 nitrogen and oxygen atoms in total. The number of nitrogens with one attached hydrogen (secondary N) is 2. The number of ether oxygens (including phenoxy) is 1. The SMILES string of the molecule is COCCN=C(NN)Nc1cccc(C)c1C. The van der Waals surface area contributed by atoms with E-state index in [2.05, 4.69) is 35.6 Å². The standard InChI is InChI=1S/C12H20N4O/c1-9-5-4-6-11(10(9)2)15-12(16-13)14-7-8-17-3/h4-6H,7-8,13H2,1-3H3,(H2,14,15,16). The van der Waals surface area contributed by atoms with Gasteiger partial charge in [0, 0.05) is 12.8 Å². The van der Waals surface area contributed by atoms with Crippen LogP contribution in [-0.4, -0.2) is 26.2 Å². The molecule has 0 saturated heterocycles. The van der Waals surface area contributed by atoms with Crippen molar-refractivity contribution in [1.82, 2.24) is 5.43 Å². The van der Waals surface area contributed by atoms with Crippen LogP contribution in [0.1, 0.15) is 11.1 Å². The topological polar surface area (TPSA) is 71.7 Å². The van der Waals surface area contributed by atoms with Crippen LogP contribution in [0.15, 0.2) is 23.2 Å². The molecule has 0 aliphatic rings. The summed E-state index contributed by atoms with van der Waals surface area (Å²) in [5.74, 6) is 5.94. The number of aliphatic imine (C=N–C) groups is 1. The van der Waals surface area contributed by atoms with E-state index in [1.54, 1.807) is 7.11 Å². The van der Waals surface area contributed by atoms with Gasteiger partial charge in [0.05, 0.1) is 13.2 Å². The molecule has 0 unspecified atom stereocenters. The third kappa shape index (κ3) is 4.05. The zero-order valence-corrected chi connectivity index (χ0v) is 10.6. The molecule has 1 aromatic rings. The fourth-order valence-electron chi connectivity index (χ4n) is 1.38. The van der Waals surface area contributed by atoms with Crippen LogP contribution >= 0.6 is 0 Å². The van der Waals surface area contributed by atoms with Crippen molar-refractivity contribution in [3.63, 3.8) is 0 Å². The van der Waals surface area contributed by atoms with Crippen LogP contribution in [0.3, 0.4) is 0 Å². The number of anilines is 1. The summed E-state index contributed by atoms with van der Waals surface area (Å²) < 4.78 is 4.93. The first kappa shape index (κ1) is 13.5. The van der Waals surface area contributed by atoms with Crippen LogP contribution in [0, 0.1) is 13.8 Å². The first-order valence-corrected chi connectivity index (χ1v) is 5.52. The van der Waals surface area contributed by atoms with Crippen LogP contribution < -0.4 is 16.6 Å². The molecule has 0 aromatic heterocycles. The minimum atomic E-state index is 0.538. The van der Waals surface area contributed by atoms with Crippen molar-refractivity contribution in [3.05, 3.63) is 29.3 Å². The predicted octanol–water partition coefficient (Wildman–Crippen LogP) is 1.18. The number of aryl methyl sites for hydroxylation is 1. The molecule has 0 atom stereocenters. The van der Waals surface area contributed by atoms with Gasteiger partial charge in [-0.15, -0.1) is 0 Å². The third-order valence-corrected chi connectivity index (χ3v) is 2.56. The Bertz CT molecular complexity index is 390. The Hall–Kier alpha value is -1.59. The zero-order valence-electron chi connectivity index (χ0n) is 10.6. The number of hydrazine groups is 1. The lowest BCUT2D eigenvalue weighted by atomic mass is 10.1. The zero-order chi connectivity index (χ0) is 12.7. The van der Waals surface area contributed by atoms with E-state index in [4.69, 9.17) is 10.6 Å². The smallest absolute Gasteiger partial charge is 0.210 e. The molecule has 0 bridgehead atoms. The predicted molar refractivity (Wildman–Crippen MR) is 71.0 cm³/mol. The molecular formula is C12H20N4O. The molecule has 0 heterocycles. The van der Waals surface area contributed by atoms with Gasteiger partial charge in [0.25, 0.3) is 0 Å². The molecule has 0 fully saturated rings. The van der Waals surface area contributed by atoms with Crippen molar-refractivity contribution in [3.8, 4) is 0 Å². The van der Waals surface area contributed by atoms with Crippen LogP contribution in [0.4, 0.5) is 5.69 Å². The van der Waals surface area contributed by atoms with E-state index in [0.29, 0.717) is 19.1 Å². The van der Waals surface area contributed by atoms with Crippen LogP contribution in [-0.2, 0) is 4.74 Å². The molecule has 1 aromatic carbocycles. The van der Waals surface area contributed by atoms with E-state index < -0.39 is 0 Å².